The molecule has 0 aliphatic heterocycles. The smallest absolute Gasteiger partial charge is 0.237 e. The van der Waals surface area contributed by atoms with Gasteiger partial charge in [-0.15, -0.1) is 0 Å². The minimum atomic E-state index is -0.368. The van der Waals surface area contributed by atoms with Crippen LogP contribution in [0.15, 0.2) is 0 Å². The first kappa shape index (κ1) is 14.5. The summed E-state index contributed by atoms with van der Waals surface area (Å²) < 4.78 is 0. The molecule has 0 spiro atoms. The molecule has 100 valence electrons. The number of hydrogen-bond donors (Lipinski definition) is 2. The molecule has 1 amide bonds. The van der Waals surface area contributed by atoms with Crippen molar-refractivity contribution in [2.45, 2.75) is 71.4 Å². The second-order valence-corrected chi connectivity index (χ2v) is 5.69. The first-order chi connectivity index (χ1) is 8.06. The third-order valence-electron chi connectivity index (χ3n) is 4.01. The zero-order valence-electron chi connectivity index (χ0n) is 11.5. The highest BCUT2D eigenvalue weighted by Gasteiger charge is 2.26. The van der Waals surface area contributed by atoms with Crippen molar-refractivity contribution in [1.82, 2.24) is 5.32 Å². The van der Waals surface area contributed by atoms with Gasteiger partial charge in [-0.05, 0) is 31.1 Å². The van der Waals surface area contributed by atoms with E-state index in [1.165, 1.54) is 32.1 Å². The van der Waals surface area contributed by atoms with E-state index < -0.39 is 0 Å². The van der Waals surface area contributed by atoms with Crippen LogP contribution < -0.4 is 11.1 Å². The van der Waals surface area contributed by atoms with Crippen molar-refractivity contribution in [3.8, 4) is 0 Å². The minimum absolute atomic E-state index is 0.0254. The fourth-order valence-corrected chi connectivity index (χ4v) is 2.67. The van der Waals surface area contributed by atoms with Gasteiger partial charge in [-0.25, -0.2) is 0 Å². The van der Waals surface area contributed by atoms with E-state index in [0.29, 0.717) is 12.0 Å². The molecule has 0 radical (unpaired) electrons. The molecular weight excluding hydrogens is 212 g/mol. The molecule has 0 heterocycles. The van der Waals surface area contributed by atoms with Crippen LogP contribution in [0.1, 0.15) is 59.3 Å². The van der Waals surface area contributed by atoms with Crippen LogP contribution in [-0.4, -0.2) is 18.0 Å². The fraction of sp³-hybridized carbons (Fsp3) is 0.929. The molecule has 3 nitrogen and oxygen atoms in total. The van der Waals surface area contributed by atoms with Crippen LogP contribution in [0.5, 0.6) is 0 Å². The van der Waals surface area contributed by atoms with Gasteiger partial charge in [-0.1, -0.05) is 40.0 Å². The van der Waals surface area contributed by atoms with Crippen LogP contribution in [0.3, 0.4) is 0 Å². The van der Waals surface area contributed by atoms with Crippen molar-refractivity contribution in [3.05, 3.63) is 0 Å². The van der Waals surface area contributed by atoms with Crippen molar-refractivity contribution >= 4 is 5.91 Å². The molecule has 1 unspecified atom stereocenters. The van der Waals surface area contributed by atoms with E-state index >= 15 is 0 Å². The number of carbonyl (C=O) groups is 1. The number of hydrogen-bond acceptors (Lipinski definition) is 2. The summed E-state index contributed by atoms with van der Waals surface area (Å²) in [7, 11) is 0. The molecule has 1 aliphatic rings. The van der Waals surface area contributed by atoms with Gasteiger partial charge in [0.1, 0.15) is 0 Å². The molecule has 0 saturated heterocycles. The Kier molecular flexibility index (Phi) is 5.96. The van der Waals surface area contributed by atoms with Gasteiger partial charge in [-0.3, -0.25) is 4.79 Å². The van der Waals surface area contributed by atoms with E-state index in [2.05, 4.69) is 12.2 Å². The highest BCUT2D eigenvalue weighted by Crippen LogP contribution is 2.27. The Labute approximate surface area is 106 Å². The lowest BCUT2D eigenvalue weighted by atomic mass is 9.82. The summed E-state index contributed by atoms with van der Waals surface area (Å²) in [5.41, 5.74) is 5.88. The van der Waals surface area contributed by atoms with Gasteiger partial charge in [0.2, 0.25) is 5.91 Å². The van der Waals surface area contributed by atoms with E-state index in [0.717, 1.165) is 6.42 Å². The van der Waals surface area contributed by atoms with Gasteiger partial charge >= 0.3 is 0 Å². The largest absolute Gasteiger partial charge is 0.352 e. The molecule has 17 heavy (non-hydrogen) atoms. The van der Waals surface area contributed by atoms with Gasteiger partial charge in [0.05, 0.1) is 6.04 Å². The van der Waals surface area contributed by atoms with Gasteiger partial charge < -0.3 is 11.1 Å². The van der Waals surface area contributed by atoms with Crippen LogP contribution in [0.25, 0.3) is 0 Å². The number of rotatable bonds is 5. The third-order valence-corrected chi connectivity index (χ3v) is 4.01. The Balaban J connectivity index is 2.47. The average Bonchev–Trinajstić information content (AvgIpc) is 2.35. The maximum absolute atomic E-state index is 12.0. The normalized spacial score (nSPS) is 21.2. The summed E-state index contributed by atoms with van der Waals surface area (Å²) in [6, 6.07) is -0.0414. The van der Waals surface area contributed by atoms with Crippen molar-refractivity contribution in [2.75, 3.05) is 0 Å². The minimum Gasteiger partial charge on any atom is -0.352 e. The first-order valence-corrected chi connectivity index (χ1v) is 7.12. The zero-order chi connectivity index (χ0) is 12.8. The fourth-order valence-electron chi connectivity index (χ4n) is 2.67. The second-order valence-electron chi connectivity index (χ2n) is 5.69. The summed E-state index contributed by atoms with van der Waals surface area (Å²) in [5.74, 6) is 0.897. The highest BCUT2D eigenvalue weighted by atomic mass is 16.2. The van der Waals surface area contributed by atoms with Crippen molar-refractivity contribution in [3.63, 3.8) is 0 Å². The Morgan fingerprint density at radius 1 is 1.29 bits per heavy atom. The van der Waals surface area contributed by atoms with Crippen LogP contribution >= 0.6 is 0 Å². The number of nitrogens with one attached hydrogen (secondary N) is 1. The standard InChI is InChI=1S/C14H28N2O/c1-4-12(11-8-6-5-7-9-11)16-14(17)13(15)10(2)3/h10-13H,4-9,15H2,1-3H3,(H,16,17)/t12?,13-/m1/s1. The summed E-state index contributed by atoms with van der Waals surface area (Å²) in [4.78, 5) is 12.0. The topological polar surface area (TPSA) is 55.1 Å². The predicted molar refractivity (Wildman–Crippen MR) is 71.6 cm³/mol. The van der Waals surface area contributed by atoms with Crippen molar-refractivity contribution in [1.29, 1.82) is 0 Å². The van der Waals surface area contributed by atoms with E-state index in [1.807, 2.05) is 13.8 Å². The SMILES string of the molecule is CCC(NC(=O)[C@H](N)C(C)C)C1CCCCC1. The first-order valence-electron chi connectivity index (χ1n) is 7.12. The van der Waals surface area contributed by atoms with Gasteiger partial charge in [-0.2, -0.15) is 0 Å². The van der Waals surface area contributed by atoms with E-state index in [-0.39, 0.29) is 17.9 Å². The molecule has 1 saturated carbocycles. The Morgan fingerprint density at radius 3 is 2.35 bits per heavy atom. The monoisotopic (exact) mass is 240 g/mol. The molecule has 3 heteroatoms. The van der Waals surface area contributed by atoms with Crippen LogP contribution in [-0.2, 0) is 4.79 Å². The summed E-state index contributed by atoms with van der Waals surface area (Å²) in [6.07, 6.45) is 7.51. The molecule has 0 aromatic carbocycles. The Morgan fingerprint density at radius 2 is 1.88 bits per heavy atom. The molecule has 1 aliphatic carbocycles. The second kappa shape index (κ2) is 7.00. The molecule has 1 rings (SSSR count). The molecule has 0 aromatic heterocycles. The molecule has 2 atom stereocenters. The maximum atomic E-state index is 12.0. The number of amides is 1. The quantitative estimate of drug-likeness (QED) is 0.775. The lowest BCUT2D eigenvalue weighted by Gasteiger charge is -2.31. The summed E-state index contributed by atoms with van der Waals surface area (Å²) in [5, 5.41) is 3.15. The van der Waals surface area contributed by atoms with Crippen molar-refractivity contribution < 1.29 is 4.79 Å². The van der Waals surface area contributed by atoms with Crippen molar-refractivity contribution in [2.24, 2.45) is 17.6 Å². The van der Waals surface area contributed by atoms with E-state index in [4.69, 9.17) is 5.73 Å². The molecule has 0 bridgehead atoms. The number of nitrogens with two attached hydrogens (primary N) is 1. The molecule has 0 aromatic rings. The molecular formula is C14H28N2O. The van der Waals surface area contributed by atoms with E-state index in [1.54, 1.807) is 0 Å². The van der Waals surface area contributed by atoms with Gasteiger partial charge in [0.15, 0.2) is 0 Å². The van der Waals surface area contributed by atoms with Crippen LogP contribution in [0, 0.1) is 11.8 Å². The highest BCUT2D eigenvalue weighted by molar-refractivity contribution is 5.82. The number of carbonyl (C=O) groups excluding carboxylic acids is 1. The Bertz CT molecular complexity index is 234. The maximum Gasteiger partial charge on any atom is 0.237 e. The molecule has 1 fully saturated rings. The zero-order valence-corrected chi connectivity index (χ0v) is 11.5. The van der Waals surface area contributed by atoms with Gasteiger partial charge in [0.25, 0.3) is 0 Å². The average molecular weight is 240 g/mol. The summed E-state index contributed by atoms with van der Waals surface area (Å²) >= 11 is 0. The van der Waals surface area contributed by atoms with Gasteiger partial charge in [0, 0.05) is 6.04 Å². The van der Waals surface area contributed by atoms with E-state index in [9.17, 15) is 4.79 Å². The lowest BCUT2D eigenvalue weighted by molar-refractivity contribution is -0.124. The van der Waals surface area contributed by atoms with Crippen LogP contribution in [0.2, 0.25) is 0 Å². The molecule has 3 N–H and O–H groups in total. The Hall–Kier alpha value is -0.570. The lowest BCUT2D eigenvalue weighted by Crippen LogP contribution is -2.50. The summed E-state index contributed by atoms with van der Waals surface area (Å²) in [6.45, 7) is 6.14. The van der Waals surface area contributed by atoms with Crippen LogP contribution in [0.4, 0.5) is 0 Å². The third kappa shape index (κ3) is 4.30. The predicted octanol–water partition coefficient (Wildman–Crippen LogP) is 2.44.